The van der Waals surface area contributed by atoms with Crippen LogP contribution in [0.25, 0.3) is 0 Å². The Morgan fingerprint density at radius 2 is 2.00 bits per heavy atom. The Labute approximate surface area is 138 Å². The molecule has 24 heavy (non-hydrogen) atoms. The van der Waals surface area contributed by atoms with Crippen LogP contribution in [0.15, 0.2) is 48.5 Å². The number of carbonyl (C=O) groups is 1. The number of benzene rings is 2. The summed E-state index contributed by atoms with van der Waals surface area (Å²) in [6, 6.07) is 13.7. The van der Waals surface area contributed by atoms with Crippen LogP contribution in [0, 0.1) is 12.7 Å². The van der Waals surface area contributed by atoms with Crippen LogP contribution in [-0.4, -0.2) is 20.9 Å². The zero-order valence-corrected chi connectivity index (χ0v) is 13.0. The lowest BCUT2D eigenvalue weighted by atomic mass is 10.2. The van der Waals surface area contributed by atoms with Crippen LogP contribution < -0.4 is 11.1 Å². The van der Waals surface area contributed by atoms with Crippen LogP contribution in [0.2, 0.25) is 0 Å². The number of hydrogen-bond acceptors (Lipinski definition) is 4. The number of rotatable bonds is 4. The van der Waals surface area contributed by atoms with Gasteiger partial charge in [0.25, 0.3) is 5.91 Å². The quantitative estimate of drug-likeness (QED) is 0.772. The maximum atomic E-state index is 13.1. The van der Waals surface area contributed by atoms with E-state index in [9.17, 15) is 9.18 Å². The lowest BCUT2D eigenvalue weighted by molar-refractivity contribution is 0.102. The largest absolute Gasteiger partial charge is 0.382 e. The summed E-state index contributed by atoms with van der Waals surface area (Å²) in [6.45, 7) is 2.12. The fraction of sp³-hybridized carbons (Fsp3) is 0.118. The molecule has 0 saturated heterocycles. The van der Waals surface area contributed by atoms with Crippen LogP contribution in [0.1, 0.15) is 21.6 Å². The summed E-state index contributed by atoms with van der Waals surface area (Å²) in [6.07, 6.45) is 0. The second kappa shape index (κ2) is 6.49. The predicted molar refractivity (Wildman–Crippen MR) is 89.1 cm³/mol. The molecule has 0 radical (unpaired) electrons. The second-order valence-corrected chi connectivity index (χ2v) is 5.38. The standard InChI is InChI=1S/C17H16FN5O/c1-11-9-13(18)7-8-14(11)20-17(24)15-16(19)23(22-21-15)10-12-5-3-2-4-6-12/h2-9H,10,19H2,1H3,(H,20,24). The predicted octanol–water partition coefficient (Wildman–Crippen LogP) is 2.61. The zero-order chi connectivity index (χ0) is 17.1. The van der Waals surface area contributed by atoms with Crippen molar-refractivity contribution in [3.8, 4) is 0 Å². The summed E-state index contributed by atoms with van der Waals surface area (Å²) in [5.74, 6) is -0.670. The molecule has 0 aliphatic carbocycles. The molecule has 1 aromatic heterocycles. The van der Waals surface area contributed by atoms with Gasteiger partial charge in [0.15, 0.2) is 11.5 Å². The molecule has 0 atom stereocenters. The molecule has 122 valence electrons. The molecular formula is C17H16FN5O. The zero-order valence-electron chi connectivity index (χ0n) is 13.0. The highest BCUT2D eigenvalue weighted by molar-refractivity contribution is 6.06. The summed E-state index contributed by atoms with van der Waals surface area (Å²) < 4.78 is 14.6. The van der Waals surface area contributed by atoms with Crippen molar-refractivity contribution in [1.82, 2.24) is 15.0 Å². The van der Waals surface area contributed by atoms with Crippen molar-refractivity contribution in [3.05, 3.63) is 71.2 Å². The number of halogens is 1. The van der Waals surface area contributed by atoms with Gasteiger partial charge in [-0.25, -0.2) is 9.07 Å². The Morgan fingerprint density at radius 1 is 1.25 bits per heavy atom. The topological polar surface area (TPSA) is 85.8 Å². The molecule has 0 saturated carbocycles. The monoisotopic (exact) mass is 325 g/mol. The Hall–Kier alpha value is -3.22. The van der Waals surface area contributed by atoms with Crippen molar-refractivity contribution < 1.29 is 9.18 Å². The van der Waals surface area contributed by atoms with E-state index >= 15 is 0 Å². The maximum Gasteiger partial charge on any atom is 0.280 e. The van der Waals surface area contributed by atoms with Gasteiger partial charge in [-0.15, -0.1) is 5.10 Å². The van der Waals surface area contributed by atoms with Gasteiger partial charge in [0, 0.05) is 5.69 Å². The summed E-state index contributed by atoms with van der Waals surface area (Å²) in [4.78, 5) is 12.3. The molecule has 3 N–H and O–H groups in total. The van der Waals surface area contributed by atoms with Crippen molar-refractivity contribution in [2.75, 3.05) is 11.1 Å². The first-order chi connectivity index (χ1) is 11.5. The molecule has 1 amide bonds. The third-order valence-electron chi connectivity index (χ3n) is 3.60. The van der Waals surface area contributed by atoms with Gasteiger partial charge in [0.05, 0.1) is 6.54 Å². The minimum Gasteiger partial charge on any atom is -0.382 e. The van der Waals surface area contributed by atoms with Gasteiger partial charge < -0.3 is 11.1 Å². The van der Waals surface area contributed by atoms with Crippen molar-refractivity contribution >= 4 is 17.4 Å². The second-order valence-electron chi connectivity index (χ2n) is 5.38. The lowest BCUT2D eigenvalue weighted by Crippen LogP contribution is -2.16. The fourth-order valence-corrected chi connectivity index (χ4v) is 2.30. The van der Waals surface area contributed by atoms with Gasteiger partial charge in [0.1, 0.15) is 5.82 Å². The van der Waals surface area contributed by atoms with E-state index in [4.69, 9.17) is 5.73 Å². The first-order valence-electron chi connectivity index (χ1n) is 7.35. The lowest BCUT2D eigenvalue weighted by Gasteiger charge is -2.07. The molecular weight excluding hydrogens is 309 g/mol. The van der Waals surface area contributed by atoms with Crippen LogP contribution in [0.5, 0.6) is 0 Å². The van der Waals surface area contributed by atoms with Crippen LogP contribution in [0.3, 0.4) is 0 Å². The highest BCUT2D eigenvalue weighted by Crippen LogP contribution is 2.18. The van der Waals surface area contributed by atoms with E-state index in [0.29, 0.717) is 17.8 Å². The molecule has 3 aromatic rings. The molecule has 0 aliphatic rings. The third kappa shape index (κ3) is 3.24. The molecule has 0 spiro atoms. The highest BCUT2D eigenvalue weighted by Gasteiger charge is 2.18. The van der Waals surface area contributed by atoms with E-state index in [0.717, 1.165) is 5.56 Å². The minimum atomic E-state index is -0.485. The Balaban J connectivity index is 1.78. The van der Waals surface area contributed by atoms with Gasteiger partial charge in [0.2, 0.25) is 0 Å². The number of hydrogen-bond donors (Lipinski definition) is 2. The molecule has 6 nitrogen and oxygen atoms in total. The Morgan fingerprint density at radius 3 is 2.71 bits per heavy atom. The number of nitrogens with two attached hydrogens (primary N) is 1. The molecule has 0 bridgehead atoms. The molecule has 7 heteroatoms. The average molecular weight is 325 g/mol. The smallest absolute Gasteiger partial charge is 0.280 e. The maximum absolute atomic E-state index is 13.1. The van der Waals surface area contributed by atoms with Gasteiger partial charge in [-0.2, -0.15) is 0 Å². The average Bonchev–Trinajstić information content (AvgIpc) is 2.92. The van der Waals surface area contributed by atoms with Crippen molar-refractivity contribution in [2.24, 2.45) is 0 Å². The van der Waals surface area contributed by atoms with E-state index in [-0.39, 0.29) is 17.3 Å². The molecule has 0 fully saturated rings. The highest BCUT2D eigenvalue weighted by atomic mass is 19.1. The van der Waals surface area contributed by atoms with E-state index < -0.39 is 5.91 Å². The van der Waals surface area contributed by atoms with E-state index in [1.165, 1.54) is 22.9 Å². The molecule has 3 rings (SSSR count). The minimum absolute atomic E-state index is 0.0367. The first-order valence-corrected chi connectivity index (χ1v) is 7.35. The van der Waals surface area contributed by atoms with Crippen molar-refractivity contribution in [1.29, 1.82) is 0 Å². The van der Waals surface area contributed by atoms with Crippen LogP contribution >= 0.6 is 0 Å². The third-order valence-corrected chi connectivity index (χ3v) is 3.60. The number of nitrogen functional groups attached to an aromatic ring is 1. The van der Waals surface area contributed by atoms with Gasteiger partial charge in [-0.05, 0) is 36.2 Å². The number of aryl methyl sites for hydroxylation is 1. The Kier molecular flexibility index (Phi) is 4.24. The number of nitrogens with zero attached hydrogens (tertiary/aromatic N) is 3. The molecule has 0 unspecified atom stereocenters. The van der Waals surface area contributed by atoms with E-state index in [1.807, 2.05) is 30.3 Å². The summed E-state index contributed by atoms with van der Waals surface area (Å²) in [5, 5.41) is 10.5. The van der Waals surface area contributed by atoms with Gasteiger partial charge >= 0.3 is 0 Å². The molecule has 1 heterocycles. The SMILES string of the molecule is Cc1cc(F)ccc1NC(=O)c1nnn(Cc2ccccc2)c1N. The normalized spacial score (nSPS) is 10.6. The van der Waals surface area contributed by atoms with Gasteiger partial charge in [-0.1, -0.05) is 35.5 Å². The number of anilines is 2. The fourth-order valence-electron chi connectivity index (χ4n) is 2.30. The molecule has 0 aliphatic heterocycles. The number of aromatic nitrogens is 3. The summed E-state index contributed by atoms with van der Waals surface area (Å²) in [7, 11) is 0. The van der Waals surface area contributed by atoms with E-state index in [2.05, 4.69) is 15.6 Å². The van der Waals surface area contributed by atoms with Crippen LogP contribution in [-0.2, 0) is 6.54 Å². The Bertz CT molecular complexity index is 876. The first kappa shape index (κ1) is 15.7. The summed E-state index contributed by atoms with van der Waals surface area (Å²) in [5.41, 5.74) is 8.13. The van der Waals surface area contributed by atoms with Crippen molar-refractivity contribution in [3.63, 3.8) is 0 Å². The number of nitrogens with one attached hydrogen (secondary N) is 1. The van der Waals surface area contributed by atoms with Crippen LogP contribution in [0.4, 0.5) is 15.9 Å². The summed E-state index contributed by atoms with van der Waals surface area (Å²) >= 11 is 0. The number of amides is 1. The van der Waals surface area contributed by atoms with E-state index in [1.54, 1.807) is 6.92 Å². The molecule has 2 aromatic carbocycles. The van der Waals surface area contributed by atoms with Gasteiger partial charge in [-0.3, -0.25) is 4.79 Å². The number of carbonyl (C=O) groups excluding carboxylic acids is 1. The van der Waals surface area contributed by atoms with Crippen molar-refractivity contribution in [2.45, 2.75) is 13.5 Å².